The Labute approximate surface area is 179 Å². The summed E-state index contributed by atoms with van der Waals surface area (Å²) >= 11 is 18.9. The van der Waals surface area contributed by atoms with E-state index in [4.69, 9.17) is 34.8 Å². The number of hydrogen-bond donors (Lipinski definition) is 3. The number of amides is 3. The van der Waals surface area contributed by atoms with Crippen molar-refractivity contribution in [1.29, 1.82) is 0 Å². The number of halogens is 3. The summed E-state index contributed by atoms with van der Waals surface area (Å²) in [6, 6.07) is 11.1. The second-order valence-corrected chi connectivity index (χ2v) is 7.78. The Morgan fingerprint density at radius 1 is 0.893 bits per heavy atom. The maximum Gasteiger partial charge on any atom is 0.325 e. The van der Waals surface area contributed by atoms with Crippen LogP contribution >= 0.6 is 46.1 Å². The summed E-state index contributed by atoms with van der Waals surface area (Å²) in [7, 11) is 0. The normalized spacial score (nSPS) is 10.4. The topological polar surface area (TPSA) is 83.1 Å². The molecule has 1 heterocycles. The zero-order valence-electron chi connectivity index (χ0n) is 14.1. The average molecular weight is 456 g/mol. The van der Waals surface area contributed by atoms with Crippen LogP contribution in [0.4, 0.5) is 21.3 Å². The van der Waals surface area contributed by atoms with Crippen LogP contribution in [0.3, 0.4) is 0 Å². The minimum atomic E-state index is -0.457. The van der Waals surface area contributed by atoms with E-state index >= 15 is 0 Å². The van der Waals surface area contributed by atoms with Gasteiger partial charge in [0.25, 0.3) is 0 Å². The molecule has 144 valence electrons. The van der Waals surface area contributed by atoms with E-state index in [-0.39, 0.29) is 12.3 Å². The third-order valence-corrected chi connectivity index (χ3v) is 4.82. The number of benzene rings is 2. The van der Waals surface area contributed by atoms with Crippen LogP contribution in [0.25, 0.3) is 0 Å². The van der Waals surface area contributed by atoms with E-state index in [1.54, 1.807) is 47.8 Å². The third-order valence-electron chi connectivity index (χ3n) is 3.34. The molecular weight excluding hydrogens is 443 g/mol. The Hall–Kier alpha value is -2.32. The summed E-state index contributed by atoms with van der Waals surface area (Å²) < 4.78 is 0. The van der Waals surface area contributed by atoms with Gasteiger partial charge in [-0.3, -0.25) is 10.1 Å². The van der Waals surface area contributed by atoms with Gasteiger partial charge in [0.1, 0.15) is 0 Å². The van der Waals surface area contributed by atoms with Gasteiger partial charge in [-0.15, -0.1) is 11.3 Å². The Bertz CT molecular complexity index is 1010. The predicted octanol–water partition coefficient (Wildman–Crippen LogP) is 5.93. The van der Waals surface area contributed by atoms with Crippen molar-refractivity contribution >= 4 is 74.6 Å². The minimum Gasteiger partial charge on any atom is -0.326 e. The highest BCUT2D eigenvalue weighted by Crippen LogP contribution is 2.23. The molecule has 1 aromatic heterocycles. The van der Waals surface area contributed by atoms with Gasteiger partial charge in [0.15, 0.2) is 5.13 Å². The van der Waals surface area contributed by atoms with Gasteiger partial charge >= 0.3 is 6.03 Å². The molecule has 10 heteroatoms. The lowest BCUT2D eigenvalue weighted by Crippen LogP contribution is -2.19. The third kappa shape index (κ3) is 6.10. The van der Waals surface area contributed by atoms with Gasteiger partial charge < -0.3 is 10.6 Å². The molecule has 3 aromatic rings. The van der Waals surface area contributed by atoms with E-state index < -0.39 is 6.03 Å². The summed E-state index contributed by atoms with van der Waals surface area (Å²) in [4.78, 5) is 28.4. The first-order chi connectivity index (χ1) is 13.4. The van der Waals surface area contributed by atoms with E-state index in [9.17, 15) is 9.59 Å². The summed E-state index contributed by atoms with van der Waals surface area (Å²) in [5, 5.41) is 11.4. The maximum atomic E-state index is 12.2. The summed E-state index contributed by atoms with van der Waals surface area (Å²) in [5.41, 5.74) is 1.58. The number of rotatable bonds is 5. The van der Waals surface area contributed by atoms with Crippen LogP contribution in [0, 0.1) is 0 Å². The van der Waals surface area contributed by atoms with Crippen LogP contribution < -0.4 is 16.0 Å². The van der Waals surface area contributed by atoms with Crippen molar-refractivity contribution in [1.82, 2.24) is 4.98 Å². The molecule has 0 radical (unpaired) electrons. The van der Waals surface area contributed by atoms with Crippen LogP contribution in [-0.4, -0.2) is 16.9 Å². The zero-order valence-corrected chi connectivity index (χ0v) is 17.2. The van der Waals surface area contributed by atoms with E-state index in [0.29, 0.717) is 37.3 Å². The first kappa shape index (κ1) is 20.4. The number of aromatic nitrogens is 1. The molecule has 0 aliphatic heterocycles. The van der Waals surface area contributed by atoms with E-state index in [1.165, 1.54) is 11.3 Å². The molecule has 6 nitrogen and oxygen atoms in total. The smallest absolute Gasteiger partial charge is 0.325 e. The molecule has 2 aromatic carbocycles. The number of thiazole rings is 1. The fraction of sp³-hybridized carbons (Fsp3) is 0.0556. The van der Waals surface area contributed by atoms with Gasteiger partial charge in [-0.05, 0) is 36.4 Å². The molecule has 0 bridgehead atoms. The Kier molecular flexibility index (Phi) is 6.74. The SMILES string of the molecule is O=C(Cc1csc(NC(=O)Nc2cccc(Cl)c2)n1)Nc1cc(Cl)cc(Cl)c1. The van der Waals surface area contributed by atoms with Gasteiger partial charge in [0.05, 0.1) is 12.1 Å². The zero-order chi connectivity index (χ0) is 20.1. The first-order valence-corrected chi connectivity index (χ1v) is 9.92. The molecule has 0 unspecified atom stereocenters. The monoisotopic (exact) mass is 454 g/mol. The Morgan fingerprint density at radius 3 is 2.32 bits per heavy atom. The molecule has 0 aliphatic rings. The minimum absolute atomic E-state index is 0.0399. The highest BCUT2D eigenvalue weighted by Gasteiger charge is 2.11. The second kappa shape index (κ2) is 9.25. The van der Waals surface area contributed by atoms with Crippen LogP contribution in [0.2, 0.25) is 15.1 Å². The van der Waals surface area contributed by atoms with Gasteiger partial charge in [-0.25, -0.2) is 9.78 Å². The number of carbonyl (C=O) groups excluding carboxylic acids is 2. The van der Waals surface area contributed by atoms with Gasteiger partial charge in [0.2, 0.25) is 5.91 Å². The molecular formula is C18H13Cl3N4O2S. The lowest BCUT2D eigenvalue weighted by atomic mass is 10.3. The quantitative estimate of drug-likeness (QED) is 0.446. The van der Waals surface area contributed by atoms with E-state index in [1.807, 2.05) is 0 Å². The summed E-state index contributed by atoms with van der Waals surface area (Å²) in [6.07, 6.45) is 0.0399. The number of nitrogens with zero attached hydrogens (tertiary/aromatic N) is 1. The van der Waals surface area contributed by atoms with E-state index in [2.05, 4.69) is 20.9 Å². The van der Waals surface area contributed by atoms with Crippen molar-refractivity contribution in [2.45, 2.75) is 6.42 Å². The molecule has 28 heavy (non-hydrogen) atoms. The highest BCUT2D eigenvalue weighted by molar-refractivity contribution is 7.14. The number of urea groups is 1. The van der Waals surface area contributed by atoms with Crippen molar-refractivity contribution in [3.8, 4) is 0 Å². The van der Waals surface area contributed by atoms with Crippen molar-refractivity contribution in [3.63, 3.8) is 0 Å². The molecule has 0 saturated carbocycles. The fourth-order valence-electron chi connectivity index (χ4n) is 2.27. The molecule has 3 rings (SSSR count). The lowest BCUT2D eigenvalue weighted by molar-refractivity contribution is -0.115. The van der Waals surface area contributed by atoms with Gasteiger partial charge in [-0.2, -0.15) is 0 Å². The van der Waals surface area contributed by atoms with Crippen molar-refractivity contribution < 1.29 is 9.59 Å². The Balaban J connectivity index is 1.54. The fourth-order valence-corrected chi connectivity index (χ4v) is 3.69. The van der Waals surface area contributed by atoms with Crippen LogP contribution in [0.15, 0.2) is 47.8 Å². The van der Waals surface area contributed by atoms with Crippen molar-refractivity contribution in [2.24, 2.45) is 0 Å². The lowest BCUT2D eigenvalue weighted by Gasteiger charge is -2.06. The standard InChI is InChI=1S/C18H13Cl3N4O2S/c19-10-2-1-3-13(5-10)23-17(27)25-18-24-15(9-28-18)8-16(26)22-14-6-11(20)4-12(21)7-14/h1-7,9H,8H2,(H,22,26)(H2,23,24,25,27). The maximum absolute atomic E-state index is 12.2. The molecule has 0 aliphatic carbocycles. The second-order valence-electron chi connectivity index (χ2n) is 5.62. The largest absolute Gasteiger partial charge is 0.326 e. The molecule has 0 saturated heterocycles. The van der Waals surface area contributed by atoms with Crippen LogP contribution in [-0.2, 0) is 11.2 Å². The Morgan fingerprint density at radius 2 is 1.61 bits per heavy atom. The first-order valence-electron chi connectivity index (χ1n) is 7.91. The number of hydrogen-bond acceptors (Lipinski definition) is 4. The van der Waals surface area contributed by atoms with Gasteiger partial charge in [0, 0.05) is 31.8 Å². The number of anilines is 3. The van der Waals surface area contributed by atoms with Gasteiger partial charge in [-0.1, -0.05) is 40.9 Å². The summed E-state index contributed by atoms with van der Waals surface area (Å²) in [6.45, 7) is 0. The van der Waals surface area contributed by atoms with Crippen LogP contribution in [0.1, 0.15) is 5.69 Å². The van der Waals surface area contributed by atoms with Crippen molar-refractivity contribution in [2.75, 3.05) is 16.0 Å². The predicted molar refractivity (Wildman–Crippen MR) is 115 cm³/mol. The molecule has 3 amide bonds. The van der Waals surface area contributed by atoms with Crippen LogP contribution in [0.5, 0.6) is 0 Å². The average Bonchev–Trinajstić information content (AvgIpc) is 3.00. The number of nitrogens with one attached hydrogen (secondary N) is 3. The summed E-state index contributed by atoms with van der Waals surface area (Å²) in [5.74, 6) is -0.279. The van der Waals surface area contributed by atoms with E-state index in [0.717, 1.165) is 0 Å². The molecule has 0 fully saturated rings. The number of carbonyl (C=O) groups is 2. The molecule has 3 N–H and O–H groups in total. The molecule has 0 spiro atoms. The van der Waals surface area contributed by atoms with Crippen molar-refractivity contribution in [3.05, 3.63) is 68.6 Å². The molecule has 0 atom stereocenters. The highest BCUT2D eigenvalue weighted by atomic mass is 35.5.